The third kappa shape index (κ3) is 2.23. The Hall–Kier alpha value is -0.230. The fraction of sp³-hybridized carbons (Fsp3) is 0.222. The van der Waals surface area contributed by atoms with Crippen molar-refractivity contribution in [3.63, 3.8) is 0 Å². The van der Waals surface area contributed by atoms with E-state index in [1.165, 1.54) is 4.88 Å². The minimum Gasteiger partial charge on any atom is -0.330 e. The van der Waals surface area contributed by atoms with E-state index < -0.39 is 0 Å². The van der Waals surface area contributed by atoms with Crippen LogP contribution in [-0.2, 0) is 6.42 Å². The van der Waals surface area contributed by atoms with Crippen molar-refractivity contribution in [2.24, 2.45) is 5.73 Å². The number of thiophene rings is 1. The van der Waals surface area contributed by atoms with E-state index in [1.807, 2.05) is 6.07 Å². The van der Waals surface area contributed by atoms with E-state index in [-0.39, 0.29) is 0 Å². The van der Waals surface area contributed by atoms with Gasteiger partial charge in [0, 0.05) is 11.8 Å². The summed E-state index contributed by atoms with van der Waals surface area (Å²) in [6, 6.07) is 4.13. The molecule has 0 fully saturated rings. The summed E-state index contributed by atoms with van der Waals surface area (Å²) in [6.07, 6.45) is 0.864. The van der Waals surface area contributed by atoms with Gasteiger partial charge in [-0.05, 0) is 34.6 Å². The van der Waals surface area contributed by atoms with Crippen LogP contribution < -0.4 is 5.73 Å². The molecule has 0 amide bonds. The van der Waals surface area contributed by atoms with Crippen LogP contribution in [0.15, 0.2) is 21.3 Å². The van der Waals surface area contributed by atoms with Crippen molar-refractivity contribution in [1.29, 1.82) is 0 Å². The number of nitrogens with zero attached hydrogens (tertiary/aromatic N) is 1. The highest BCUT2D eigenvalue weighted by Crippen LogP contribution is 2.33. The van der Waals surface area contributed by atoms with Gasteiger partial charge in [-0.3, -0.25) is 0 Å². The molecule has 2 aromatic rings. The van der Waals surface area contributed by atoms with Crippen molar-refractivity contribution in [3.8, 4) is 9.88 Å². The van der Waals surface area contributed by atoms with Crippen molar-refractivity contribution in [1.82, 2.24) is 4.98 Å². The number of thiazole rings is 1. The molecule has 0 saturated carbocycles. The normalized spacial score (nSPS) is 10.7. The zero-order chi connectivity index (χ0) is 9.97. The highest BCUT2D eigenvalue weighted by Gasteiger charge is 2.06. The van der Waals surface area contributed by atoms with E-state index >= 15 is 0 Å². The zero-order valence-corrected chi connectivity index (χ0v) is 10.6. The first kappa shape index (κ1) is 10.3. The Morgan fingerprint density at radius 3 is 2.93 bits per heavy atom. The summed E-state index contributed by atoms with van der Waals surface area (Å²) in [6.45, 7) is 0.664. The molecule has 2 N–H and O–H groups in total. The lowest BCUT2D eigenvalue weighted by Gasteiger charge is -1.89. The second-order valence-electron chi connectivity index (χ2n) is 2.79. The molecule has 5 heteroatoms. The van der Waals surface area contributed by atoms with Gasteiger partial charge in [0.25, 0.3) is 0 Å². The minimum absolute atomic E-state index is 0.664. The van der Waals surface area contributed by atoms with Gasteiger partial charge in [0.1, 0.15) is 5.01 Å². The Morgan fingerprint density at radius 2 is 2.29 bits per heavy atom. The van der Waals surface area contributed by atoms with Gasteiger partial charge in [0.2, 0.25) is 0 Å². The molecule has 0 aliphatic rings. The largest absolute Gasteiger partial charge is 0.330 e. The molecule has 0 saturated heterocycles. The third-order valence-corrected chi connectivity index (χ3v) is 4.42. The minimum atomic E-state index is 0.664. The lowest BCUT2D eigenvalue weighted by Crippen LogP contribution is -2.02. The number of hydrogen-bond acceptors (Lipinski definition) is 4. The second kappa shape index (κ2) is 4.53. The molecule has 0 aliphatic carbocycles. The van der Waals surface area contributed by atoms with Gasteiger partial charge >= 0.3 is 0 Å². The number of hydrogen-bond donors (Lipinski definition) is 1. The molecule has 2 aromatic heterocycles. The van der Waals surface area contributed by atoms with E-state index in [0.29, 0.717) is 6.54 Å². The third-order valence-electron chi connectivity index (χ3n) is 1.74. The molecule has 0 unspecified atom stereocenters. The summed E-state index contributed by atoms with van der Waals surface area (Å²) in [4.78, 5) is 5.72. The van der Waals surface area contributed by atoms with Crippen LogP contribution in [0.25, 0.3) is 9.88 Å². The number of aromatic nitrogens is 1. The first-order valence-corrected chi connectivity index (χ1v) is 6.68. The van der Waals surface area contributed by atoms with Gasteiger partial charge in [-0.25, -0.2) is 4.98 Å². The number of rotatable bonds is 3. The van der Waals surface area contributed by atoms with Crippen LogP contribution in [0.4, 0.5) is 0 Å². The van der Waals surface area contributed by atoms with Gasteiger partial charge in [0.15, 0.2) is 0 Å². The fourth-order valence-corrected chi connectivity index (χ4v) is 3.42. The van der Waals surface area contributed by atoms with E-state index in [1.54, 1.807) is 22.7 Å². The van der Waals surface area contributed by atoms with Crippen molar-refractivity contribution < 1.29 is 0 Å². The summed E-state index contributed by atoms with van der Waals surface area (Å²) in [5.41, 5.74) is 6.57. The van der Waals surface area contributed by atoms with E-state index in [2.05, 4.69) is 32.4 Å². The molecule has 0 radical (unpaired) electrons. The first-order valence-electron chi connectivity index (χ1n) is 4.20. The predicted octanol–water partition coefficient (Wildman–Crippen LogP) is 3.14. The molecule has 0 atom stereocenters. The highest BCUT2D eigenvalue weighted by molar-refractivity contribution is 9.11. The Bertz CT molecular complexity index is 422. The molecule has 2 nitrogen and oxygen atoms in total. The summed E-state index contributed by atoms with van der Waals surface area (Å²) >= 11 is 6.83. The molecule has 0 spiro atoms. The molecular weight excluding hydrogens is 280 g/mol. The van der Waals surface area contributed by atoms with Gasteiger partial charge in [-0.2, -0.15) is 0 Å². The molecular formula is C9H9BrN2S2. The van der Waals surface area contributed by atoms with Crippen LogP contribution in [0.5, 0.6) is 0 Å². The zero-order valence-electron chi connectivity index (χ0n) is 7.37. The van der Waals surface area contributed by atoms with Crippen LogP contribution in [0.1, 0.15) is 5.69 Å². The fourth-order valence-electron chi connectivity index (χ4n) is 1.11. The monoisotopic (exact) mass is 288 g/mol. The Morgan fingerprint density at radius 1 is 1.43 bits per heavy atom. The predicted molar refractivity (Wildman–Crippen MR) is 65.9 cm³/mol. The van der Waals surface area contributed by atoms with Gasteiger partial charge < -0.3 is 5.73 Å². The molecule has 0 aliphatic heterocycles. The SMILES string of the molecule is NCCc1csc(-c2ccc(Br)s2)n1. The average molecular weight is 289 g/mol. The summed E-state index contributed by atoms with van der Waals surface area (Å²) in [5.74, 6) is 0. The van der Waals surface area contributed by atoms with Crippen molar-refractivity contribution in [2.75, 3.05) is 6.54 Å². The van der Waals surface area contributed by atoms with E-state index in [9.17, 15) is 0 Å². The smallest absolute Gasteiger partial charge is 0.133 e. The summed E-state index contributed by atoms with van der Waals surface area (Å²) in [5, 5.41) is 3.17. The van der Waals surface area contributed by atoms with Crippen LogP contribution in [0, 0.1) is 0 Å². The van der Waals surface area contributed by atoms with Gasteiger partial charge in [0.05, 0.1) is 14.4 Å². The molecule has 0 bridgehead atoms. The van der Waals surface area contributed by atoms with Crippen LogP contribution in [0.2, 0.25) is 0 Å². The second-order valence-corrected chi connectivity index (χ2v) is 6.11. The van der Waals surface area contributed by atoms with Crippen LogP contribution in [0.3, 0.4) is 0 Å². The molecule has 0 aromatic carbocycles. The van der Waals surface area contributed by atoms with Crippen molar-refractivity contribution >= 4 is 38.6 Å². The van der Waals surface area contributed by atoms with Gasteiger partial charge in [-0.15, -0.1) is 22.7 Å². The van der Waals surface area contributed by atoms with E-state index in [4.69, 9.17) is 5.73 Å². The lowest BCUT2D eigenvalue weighted by molar-refractivity contribution is 0.937. The van der Waals surface area contributed by atoms with Crippen LogP contribution in [-0.4, -0.2) is 11.5 Å². The Labute approximate surface area is 98.9 Å². The van der Waals surface area contributed by atoms with Crippen molar-refractivity contribution in [2.45, 2.75) is 6.42 Å². The Kier molecular flexibility index (Phi) is 3.33. The first-order chi connectivity index (χ1) is 6.79. The molecule has 2 heterocycles. The summed E-state index contributed by atoms with van der Waals surface area (Å²) < 4.78 is 1.14. The maximum Gasteiger partial charge on any atom is 0.133 e. The van der Waals surface area contributed by atoms with E-state index in [0.717, 1.165) is 20.9 Å². The number of halogens is 1. The standard InChI is InChI=1S/C9H9BrN2S2/c10-8-2-1-7(14-8)9-12-6(3-4-11)5-13-9/h1-2,5H,3-4,11H2. The van der Waals surface area contributed by atoms with Gasteiger partial charge in [-0.1, -0.05) is 0 Å². The maximum atomic E-state index is 5.47. The lowest BCUT2D eigenvalue weighted by atomic mass is 10.3. The molecule has 14 heavy (non-hydrogen) atoms. The van der Waals surface area contributed by atoms with Crippen molar-refractivity contribution in [3.05, 3.63) is 27.0 Å². The average Bonchev–Trinajstić information content (AvgIpc) is 2.74. The molecule has 2 rings (SSSR count). The number of nitrogens with two attached hydrogens (primary N) is 1. The molecule has 74 valence electrons. The Balaban J connectivity index is 2.24. The topological polar surface area (TPSA) is 38.9 Å². The van der Waals surface area contributed by atoms with Crippen LogP contribution >= 0.6 is 38.6 Å². The highest BCUT2D eigenvalue weighted by atomic mass is 79.9. The quantitative estimate of drug-likeness (QED) is 0.942. The maximum absolute atomic E-state index is 5.47. The summed E-state index contributed by atoms with van der Waals surface area (Å²) in [7, 11) is 0.